The third-order valence-electron chi connectivity index (χ3n) is 5.64. The maximum atomic E-state index is 12.6. The second kappa shape index (κ2) is 7.47. The standard InChI is InChI=1S/C21H31NO4/c1-21(2,3)26-20(24)22-12-14-9-16(13-23)19(11-17(22)10-14)15-5-7-18(25-4)8-6-15/h5-8,14,16-17,19,23H,9-13H2,1-4H3/t14?,16-,17-,19-/m1/s1. The quantitative estimate of drug-likeness (QED) is 0.889. The summed E-state index contributed by atoms with van der Waals surface area (Å²) >= 11 is 0. The Morgan fingerprint density at radius 1 is 1.19 bits per heavy atom. The fourth-order valence-electron chi connectivity index (χ4n) is 4.49. The van der Waals surface area contributed by atoms with E-state index in [1.165, 1.54) is 5.56 Å². The number of nitrogens with zero attached hydrogens (tertiary/aromatic N) is 1. The molecule has 1 amide bonds. The van der Waals surface area contributed by atoms with Gasteiger partial charge in [-0.3, -0.25) is 0 Å². The first kappa shape index (κ1) is 19.0. The van der Waals surface area contributed by atoms with E-state index in [0.29, 0.717) is 5.92 Å². The molecule has 1 saturated carbocycles. The minimum absolute atomic E-state index is 0.179. The average molecular weight is 361 g/mol. The zero-order valence-corrected chi connectivity index (χ0v) is 16.3. The summed E-state index contributed by atoms with van der Waals surface area (Å²) in [7, 11) is 1.66. The lowest BCUT2D eigenvalue weighted by Crippen LogP contribution is -2.42. The van der Waals surface area contributed by atoms with Crippen LogP contribution in [0.4, 0.5) is 4.79 Å². The van der Waals surface area contributed by atoms with E-state index in [1.807, 2.05) is 37.8 Å². The second-order valence-electron chi connectivity index (χ2n) is 8.68. The predicted molar refractivity (Wildman–Crippen MR) is 100 cm³/mol. The van der Waals surface area contributed by atoms with E-state index < -0.39 is 5.60 Å². The number of rotatable bonds is 3. The maximum Gasteiger partial charge on any atom is 0.410 e. The molecule has 26 heavy (non-hydrogen) atoms. The molecular weight excluding hydrogens is 330 g/mol. The summed E-state index contributed by atoms with van der Waals surface area (Å²) < 4.78 is 10.9. The summed E-state index contributed by atoms with van der Waals surface area (Å²) in [4.78, 5) is 14.5. The minimum atomic E-state index is -0.479. The molecule has 5 heteroatoms. The smallest absolute Gasteiger partial charge is 0.410 e. The van der Waals surface area contributed by atoms with E-state index in [9.17, 15) is 9.90 Å². The van der Waals surface area contributed by atoms with Crippen molar-refractivity contribution in [2.75, 3.05) is 20.3 Å². The maximum absolute atomic E-state index is 12.6. The zero-order chi connectivity index (χ0) is 18.9. The number of aliphatic hydroxyl groups excluding tert-OH is 1. The fraction of sp³-hybridized carbons (Fsp3) is 0.667. The SMILES string of the molecule is COc1ccc([C@H]2C[C@H]3CC(C[C@@H]2CO)CN3C(=O)OC(C)(C)C)cc1. The number of ether oxygens (including phenoxy) is 2. The highest BCUT2D eigenvalue weighted by Gasteiger charge is 2.44. The number of hydrogen-bond acceptors (Lipinski definition) is 4. The molecule has 2 aliphatic rings. The van der Waals surface area contributed by atoms with E-state index in [1.54, 1.807) is 7.11 Å². The summed E-state index contributed by atoms with van der Waals surface area (Å²) in [6.45, 7) is 6.64. The van der Waals surface area contributed by atoms with E-state index in [-0.39, 0.29) is 30.6 Å². The molecule has 1 aliphatic heterocycles. The first-order valence-electron chi connectivity index (χ1n) is 9.55. The van der Waals surface area contributed by atoms with Crippen molar-refractivity contribution in [3.05, 3.63) is 29.8 Å². The van der Waals surface area contributed by atoms with Crippen LogP contribution in [0.3, 0.4) is 0 Å². The highest BCUT2D eigenvalue weighted by Crippen LogP contribution is 2.44. The lowest BCUT2D eigenvalue weighted by atomic mass is 9.80. The molecule has 1 aromatic carbocycles. The lowest BCUT2D eigenvalue weighted by molar-refractivity contribution is 0.0186. The van der Waals surface area contributed by atoms with Gasteiger partial charge in [0.25, 0.3) is 0 Å². The van der Waals surface area contributed by atoms with Crippen molar-refractivity contribution in [3.63, 3.8) is 0 Å². The Morgan fingerprint density at radius 2 is 1.88 bits per heavy atom. The van der Waals surface area contributed by atoms with Crippen molar-refractivity contribution >= 4 is 6.09 Å². The topological polar surface area (TPSA) is 59.0 Å². The molecule has 4 atom stereocenters. The molecule has 0 spiro atoms. The van der Waals surface area contributed by atoms with Crippen LogP contribution in [0.2, 0.25) is 0 Å². The van der Waals surface area contributed by atoms with Gasteiger partial charge in [-0.1, -0.05) is 12.1 Å². The molecule has 2 fully saturated rings. The molecule has 3 rings (SSSR count). The van der Waals surface area contributed by atoms with Gasteiger partial charge in [0.1, 0.15) is 11.4 Å². The van der Waals surface area contributed by atoms with Crippen LogP contribution in [0.25, 0.3) is 0 Å². The van der Waals surface area contributed by atoms with Gasteiger partial charge in [-0.05, 0) is 75.5 Å². The van der Waals surface area contributed by atoms with Gasteiger partial charge in [-0.15, -0.1) is 0 Å². The Hall–Kier alpha value is -1.75. The highest BCUT2D eigenvalue weighted by molar-refractivity contribution is 5.69. The summed E-state index contributed by atoms with van der Waals surface area (Å²) in [5.41, 5.74) is 0.730. The van der Waals surface area contributed by atoms with Gasteiger partial charge in [0, 0.05) is 19.2 Å². The monoisotopic (exact) mass is 361 g/mol. The van der Waals surface area contributed by atoms with Gasteiger partial charge in [0.2, 0.25) is 0 Å². The highest BCUT2D eigenvalue weighted by atomic mass is 16.6. The number of fused-ring (bicyclic) bond motifs is 2. The van der Waals surface area contributed by atoms with Crippen molar-refractivity contribution in [1.29, 1.82) is 0 Å². The van der Waals surface area contributed by atoms with Gasteiger partial charge in [0.15, 0.2) is 0 Å². The van der Waals surface area contributed by atoms with Crippen LogP contribution in [0, 0.1) is 11.8 Å². The van der Waals surface area contributed by atoms with E-state index in [0.717, 1.165) is 31.6 Å². The number of amides is 1. The molecular formula is C21H31NO4. The number of benzene rings is 1. The minimum Gasteiger partial charge on any atom is -0.497 e. The third-order valence-corrected chi connectivity index (χ3v) is 5.64. The Balaban J connectivity index is 1.79. The number of carbonyl (C=O) groups excluding carboxylic acids is 1. The Morgan fingerprint density at radius 3 is 2.46 bits per heavy atom. The fourth-order valence-corrected chi connectivity index (χ4v) is 4.49. The Bertz CT molecular complexity index is 622. The van der Waals surface area contributed by atoms with E-state index in [4.69, 9.17) is 9.47 Å². The normalized spacial score (nSPS) is 28.6. The molecule has 1 aromatic rings. The molecule has 1 heterocycles. The van der Waals surface area contributed by atoms with Crippen LogP contribution in [-0.4, -0.2) is 48.0 Å². The van der Waals surface area contributed by atoms with Gasteiger partial charge in [0.05, 0.1) is 7.11 Å². The van der Waals surface area contributed by atoms with Crippen molar-refractivity contribution in [3.8, 4) is 5.75 Å². The number of aliphatic hydroxyl groups is 1. The summed E-state index contributed by atoms with van der Waals surface area (Å²) in [6, 6.07) is 8.29. The van der Waals surface area contributed by atoms with Gasteiger partial charge in [-0.25, -0.2) is 4.79 Å². The van der Waals surface area contributed by atoms with Gasteiger partial charge >= 0.3 is 6.09 Å². The van der Waals surface area contributed by atoms with Crippen molar-refractivity contribution < 1.29 is 19.4 Å². The number of hydrogen-bond donors (Lipinski definition) is 1. The molecule has 144 valence electrons. The molecule has 1 aliphatic carbocycles. The van der Waals surface area contributed by atoms with Crippen LogP contribution in [0.15, 0.2) is 24.3 Å². The molecule has 1 N–H and O–H groups in total. The van der Waals surface area contributed by atoms with Crippen LogP contribution < -0.4 is 4.74 Å². The Kier molecular flexibility index (Phi) is 5.47. The van der Waals surface area contributed by atoms with Gasteiger partial charge in [-0.2, -0.15) is 0 Å². The van der Waals surface area contributed by atoms with Crippen molar-refractivity contribution in [1.82, 2.24) is 4.90 Å². The molecule has 2 bridgehead atoms. The lowest BCUT2D eigenvalue weighted by Gasteiger charge is -2.34. The number of methoxy groups -OCH3 is 1. The zero-order valence-electron chi connectivity index (χ0n) is 16.3. The molecule has 1 unspecified atom stereocenters. The summed E-state index contributed by atoms with van der Waals surface area (Å²) in [6.07, 6.45) is 2.61. The molecule has 0 radical (unpaired) electrons. The second-order valence-corrected chi connectivity index (χ2v) is 8.68. The number of likely N-dealkylation sites (tertiary alicyclic amines) is 1. The molecule has 0 aromatic heterocycles. The van der Waals surface area contributed by atoms with E-state index >= 15 is 0 Å². The summed E-state index contributed by atoms with van der Waals surface area (Å²) in [5, 5.41) is 9.97. The third kappa shape index (κ3) is 4.14. The van der Waals surface area contributed by atoms with Crippen LogP contribution in [0.1, 0.15) is 51.5 Å². The van der Waals surface area contributed by atoms with Crippen LogP contribution >= 0.6 is 0 Å². The van der Waals surface area contributed by atoms with Crippen molar-refractivity contribution in [2.24, 2.45) is 11.8 Å². The molecule has 1 saturated heterocycles. The van der Waals surface area contributed by atoms with Crippen molar-refractivity contribution in [2.45, 2.75) is 57.6 Å². The van der Waals surface area contributed by atoms with Gasteiger partial charge < -0.3 is 19.5 Å². The Labute approximate surface area is 156 Å². The predicted octanol–water partition coefficient (Wildman–Crippen LogP) is 3.81. The first-order valence-corrected chi connectivity index (χ1v) is 9.55. The number of carbonyl (C=O) groups is 1. The van der Waals surface area contributed by atoms with Crippen LogP contribution in [-0.2, 0) is 4.74 Å². The first-order chi connectivity index (χ1) is 12.3. The van der Waals surface area contributed by atoms with Crippen LogP contribution in [0.5, 0.6) is 5.75 Å². The average Bonchev–Trinajstić information content (AvgIpc) is 2.88. The largest absolute Gasteiger partial charge is 0.497 e. The molecule has 5 nitrogen and oxygen atoms in total. The van der Waals surface area contributed by atoms with E-state index in [2.05, 4.69) is 12.1 Å². The summed E-state index contributed by atoms with van der Waals surface area (Å²) in [5.74, 6) is 1.75.